The Kier molecular flexibility index (Phi) is 5.78. The highest BCUT2D eigenvalue weighted by atomic mass is 79.9. The Bertz CT molecular complexity index is 404. The summed E-state index contributed by atoms with van der Waals surface area (Å²) < 4.78 is 39.6. The van der Waals surface area contributed by atoms with Crippen molar-refractivity contribution >= 4 is 15.9 Å². The van der Waals surface area contributed by atoms with Crippen LogP contribution in [0.4, 0.5) is 13.2 Å². The first-order valence-electron chi connectivity index (χ1n) is 5.63. The second-order valence-electron chi connectivity index (χ2n) is 4.44. The van der Waals surface area contributed by atoms with Gasteiger partial charge in [-0.2, -0.15) is 18.3 Å². The number of likely N-dealkylation sites (N-methyl/N-ethyl adjacent to an activating group) is 1. The van der Waals surface area contributed by atoms with Gasteiger partial charge in [-0.1, -0.05) is 0 Å². The molecule has 0 saturated carbocycles. The van der Waals surface area contributed by atoms with Crippen molar-refractivity contribution in [2.24, 2.45) is 5.84 Å². The van der Waals surface area contributed by atoms with Gasteiger partial charge in [-0.3, -0.25) is 16.0 Å². The molecule has 1 aromatic heterocycles. The summed E-state index contributed by atoms with van der Waals surface area (Å²) in [4.78, 5) is 1.92. The van der Waals surface area contributed by atoms with Gasteiger partial charge in [0.1, 0.15) is 0 Å². The molecule has 3 N–H and O–H groups in total. The molecule has 0 fully saturated rings. The van der Waals surface area contributed by atoms with Crippen LogP contribution < -0.4 is 11.3 Å². The van der Waals surface area contributed by atoms with Crippen molar-refractivity contribution in [2.45, 2.75) is 25.2 Å². The molecule has 5 nitrogen and oxygen atoms in total. The zero-order valence-electron chi connectivity index (χ0n) is 10.7. The van der Waals surface area contributed by atoms with E-state index >= 15 is 0 Å². The Hall–Kier alpha value is -0.640. The molecule has 0 spiro atoms. The van der Waals surface area contributed by atoms with Crippen LogP contribution in [0.2, 0.25) is 0 Å². The van der Waals surface area contributed by atoms with E-state index in [9.17, 15) is 13.2 Å². The fourth-order valence-electron chi connectivity index (χ4n) is 1.66. The molecule has 0 saturated heterocycles. The van der Waals surface area contributed by atoms with Crippen LogP contribution in [0.25, 0.3) is 0 Å². The molecule has 1 atom stereocenters. The number of nitrogens with zero attached hydrogens (tertiary/aromatic N) is 3. The number of nitrogens with one attached hydrogen (secondary N) is 1. The summed E-state index contributed by atoms with van der Waals surface area (Å²) in [6, 6.07) is -1.03. The largest absolute Gasteiger partial charge is 0.391 e. The van der Waals surface area contributed by atoms with Crippen molar-refractivity contribution in [1.29, 1.82) is 0 Å². The molecule has 0 aliphatic rings. The number of hydrogen-bond donors (Lipinski definition) is 2. The lowest BCUT2D eigenvalue weighted by Crippen LogP contribution is -2.34. The van der Waals surface area contributed by atoms with Crippen LogP contribution in [0.3, 0.4) is 0 Å². The normalized spacial score (nSPS) is 14.1. The molecule has 1 heterocycles. The van der Waals surface area contributed by atoms with E-state index in [4.69, 9.17) is 5.84 Å². The monoisotopic (exact) mass is 343 g/mol. The molecular weight excluding hydrogens is 327 g/mol. The third-order valence-electron chi connectivity index (χ3n) is 2.56. The highest BCUT2D eigenvalue weighted by molar-refractivity contribution is 9.10. The van der Waals surface area contributed by atoms with Gasteiger partial charge in [0.05, 0.1) is 35.4 Å². The second-order valence-corrected chi connectivity index (χ2v) is 5.30. The fourth-order valence-corrected chi connectivity index (χ4v) is 2.23. The van der Waals surface area contributed by atoms with Crippen molar-refractivity contribution < 1.29 is 13.2 Å². The van der Waals surface area contributed by atoms with Crippen molar-refractivity contribution in [3.8, 4) is 0 Å². The highest BCUT2D eigenvalue weighted by Gasteiger charge is 2.34. The molecule has 0 radical (unpaired) electrons. The average molecular weight is 344 g/mol. The minimum atomic E-state index is -4.30. The minimum absolute atomic E-state index is 0.404. The summed E-state index contributed by atoms with van der Waals surface area (Å²) in [5.74, 6) is 5.24. The third kappa shape index (κ3) is 5.09. The first-order valence-corrected chi connectivity index (χ1v) is 6.42. The second kappa shape index (κ2) is 6.69. The standard InChI is InChI=1S/C10H17BrF3N5/c1-18(2)3-4-19-9(7(11)6-16-19)8(17-15)5-10(12,13)14/h6,8,17H,3-5,15H2,1-2H3. The summed E-state index contributed by atoms with van der Waals surface area (Å²) in [5.41, 5.74) is 2.61. The van der Waals surface area contributed by atoms with Crippen molar-refractivity contribution in [2.75, 3.05) is 20.6 Å². The summed E-state index contributed by atoms with van der Waals surface area (Å²) in [6.45, 7) is 1.16. The van der Waals surface area contributed by atoms with Crippen LogP contribution in [0, 0.1) is 0 Å². The topological polar surface area (TPSA) is 59.1 Å². The van der Waals surface area contributed by atoms with Gasteiger partial charge in [0, 0.05) is 6.54 Å². The first kappa shape index (κ1) is 16.4. The Morgan fingerprint density at radius 1 is 1.53 bits per heavy atom. The number of hydrogen-bond acceptors (Lipinski definition) is 4. The summed E-state index contributed by atoms with van der Waals surface area (Å²) >= 11 is 3.21. The maximum Gasteiger partial charge on any atom is 0.391 e. The van der Waals surface area contributed by atoms with Gasteiger partial charge in [0.25, 0.3) is 0 Å². The predicted octanol–water partition coefficient (Wildman–Crippen LogP) is 1.66. The predicted molar refractivity (Wildman–Crippen MR) is 69.2 cm³/mol. The van der Waals surface area contributed by atoms with Crippen LogP contribution >= 0.6 is 15.9 Å². The van der Waals surface area contributed by atoms with Crippen LogP contribution in [0.15, 0.2) is 10.7 Å². The molecule has 0 amide bonds. The van der Waals surface area contributed by atoms with E-state index in [1.807, 2.05) is 19.0 Å². The van der Waals surface area contributed by atoms with Crippen LogP contribution in [0.1, 0.15) is 18.2 Å². The van der Waals surface area contributed by atoms with Crippen LogP contribution in [0.5, 0.6) is 0 Å². The van der Waals surface area contributed by atoms with Gasteiger partial charge in [-0.05, 0) is 30.0 Å². The fraction of sp³-hybridized carbons (Fsp3) is 0.700. The maximum atomic E-state index is 12.5. The molecule has 1 rings (SSSR count). The number of aromatic nitrogens is 2. The lowest BCUT2D eigenvalue weighted by atomic mass is 10.1. The summed E-state index contributed by atoms with van der Waals surface area (Å²) in [6.07, 6.45) is -3.87. The highest BCUT2D eigenvalue weighted by Crippen LogP contribution is 2.32. The van der Waals surface area contributed by atoms with Crippen molar-refractivity contribution in [3.63, 3.8) is 0 Å². The van der Waals surface area contributed by atoms with Gasteiger partial charge in [-0.25, -0.2) is 0 Å². The zero-order valence-corrected chi connectivity index (χ0v) is 12.3. The molecule has 0 aliphatic carbocycles. The SMILES string of the molecule is CN(C)CCn1ncc(Br)c1C(CC(F)(F)F)NN. The molecule has 0 bridgehead atoms. The van der Waals surface area contributed by atoms with Crippen LogP contribution in [-0.2, 0) is 6.54 Å². The summed E-state index contributed by atoms with van der Waals surface area (Å²) in [5, 5.41) is 4.07. The van der Waals surface area contributed by atoms with E-state index < -0.39 is 18.6 Å². The Balaban J connectivity index is 2.92. The lowest BCUT2D eigenvalue weighted by molar-refractivity contribution is -0.141. The van der Waals surface area contributed by atoms with Gasteiger partial charge in [0.2, 0.25) is 0 Å². The number of hydrazine groups is 1. The van der Waals surface area contributed by atoms with Crippen LogP contribution in [-0.4, -0.2) is 41.5 Å². The van der Waals surface area contributed by atoms with Gasteiger partial charge in [0.15, 0.2) is 0 Å². The van der Waals surface area contributed by atoms with Gasteiger partial charge < -0.3 is 4.90 Å². The Morgan fingerprint density at radius 3 is 2.63 bits per heavy atom. The molecule has 1 aromatic rings. The maximum absolute atomic E-state index is 12.5. The van der Waals surface area contributed by atoms with E-state index in [-0.39, 0.29) is 0 Å². The smallest absolute Gasteiger partial charge is 0.308 e. The molecule has 1 unspecified atom stereocenters. The average Bonchev–Trinajstić information content (AvgIpc) is 2.63. The van der Waals surface area contributed by atoms with E-state index in [2.05, 4.69) is 26.5 Å². The number of rotatable bonds is 6. The molecule has 110 valence electrons. The molecule has 9 heteroatoms. The van der Waals surface area contributed by atoms with E-state index in [1.165, 1.54) is 10.9 Å². The zero-order chi connectivity index (χ0) is 14.6. The van der Waals surface area contributed by atoms with Crippen molar-refractivity contribution in [1.82, 2.24) is 20.1 Å². The number of nitrogens with two attached hydrogens (primary N) is 1. The Labute approximate surface area is 118 Å². The number of alkyl halides is 3. The third-order valence-corrected chi connectivity index (χ3v) is 3.17. The van der Waals surface area contributed by atoms with E-state index in [0.717, 1.165) is 0 Å². The first-order chi connectivity index (χ1) is 8.74. The molecule has 19 heavy (non-hydrogen) atoms. The van der Waals surface area contributed by atoms with E-state index in [0.29, 0.717) is 23.3 Å². The molecule has 0 aromatic carbocycles. The van der Waals surface area contributed by atoms with Crippen molar-refractivity contribution in [3.05, 3.63) is 16.4 Å². The minimum Gasteiger partial charge on any atom is -0.308 e. The van der Waals surface area contributed by atoms with E-state index in [1.54, 1.807) is 0 Å². The molecule has 0 aliphatic heterocycles. The number of halogens is 4. The lowest BCUT2D eigenvalue weighted by Gasteiger charge is -2.20. The Morgan fingerprint density at radius 2 is 2.16 bits per heavy atom. The molecular formula is C10H17BrF3N5. The quantitative estimate of drug-likeness (QED) is 0.609. The van der Waals surface area contributed by atoms with Gasteiger partial charge in [-0.15, -0.1) is 0 Å². The summed E-state index contributed by atoms with van der Waals surface area (Å²) in [7, 11) is 3.76. The van der Waals surface area contributed by atoms with Gasteiger partial charge >= 0.3 is 6.18 Å².